The SMILES string of the molecule is NC(N)=NCCC[C@@H]1NC(=O)[C@H](CCCCNC(=O)c2ccc(N=NCc3ccccc3S(=O)(=O)O)nc2)NC(=O)[C@@H](Cc2ccccc2)NC(=O)[C@H](CC(=O)O)NC(=O)CNC1=O. The van der Waals surface area contributed by atoms with Crippen molar-refractivity contribution in [1.82, 2.24) is 36.9 Å². The second kappa shape index (κ2) is 24.3. The van der Waals surface area contributed by atoms with Gasteiger partial charge in [-0.2, -0.15) is 13.5 Å². The summed E-state index contributed by atoms with van der Waals surface area (Å²) in [5.74, 6) is -6.23. The van der Waals surface area contributed by atoms with Gasteiger partial charge in [-0.3, -0.25) is 43.1 Å². The molecule has 0 aliphatic carbocycles. The molecule has 0 unspecified atom stereocenters. The molecule has 0 spiro atoms. The van der Waals surface area contributed by atoms with Gasteiger partial charge in [0.15, 0.2) is 11.8 Å². The number of nitrogens with zero attached hydrogens (tertiary/aromatic N) is 4. The fraction of sp³-hybridized carbons (Fsp3) is 0.375. The Morgan fingerprint density at radius 3 is 2.09 bits per heavy atom. The number of nitrogens with one attached hydrogen (secondary N) is 6. The molecule has 24 heteroatoms. The average Bonchev–Trinajstić information content (AvgIpc) is 3.25. The number of pyridine rings is 1. The molecule has 4 atom stereocenters. The van der Waals surface area contributed by atoms with E-state index in [2.05, 4.69) is 52.1 Å². The van der Waals surface area contributed by atoms with Crippen LogP contribution in [0.1, 0.15) is 60.0 Å². The molecule has 1 fully saturated rings. The Labute approximate surface area is 367 Å². The molecule has 1 aliphatic rings. The van der Waals surface area contributed by atoms with Crippen LogP contribution in [-0.4, -0.2) is 114 Å². The van der Waals surface area contributed by atoms with Gasteiger partial charge in [0.1, 0.15) is 24.2 Å². The second-order valence-corrected chi connectivity index (χ2v) is 15.8. The number of hydrogen-bond acceptors (Lipinski definition) is 13. The van der Waals surface area contributed by atoms with Gasteiger partial charge in [-0.25, -0.2) is 4.98 Å². The van der Waals surface area contributed by atoms with Gasteiger partial charge in [0.25, 0.3) is 16.0 Å². The highest BCUT2D eigenvalue weighted by atomic mass is 32.2. The Morgan fingerprint density at radius 2 is 1.42 bits per heavy atom. The molecular weight excluding hydrogens is 857 g/mol. The summed E-state index contributed by atoms with van der Waals surface area (Å²) in [6.07, 6.45) is 1.13. The molecule has 342 valence electrons. The van der Waals surface area contributed by atoms with E-state index in [0.29, 0.717) is 12.0 Å². The number of hydrogen-bond donors (Lipinski definition) is 10. The number of carbonyl (C=O) groups excluding carboxylic acids is 6. The predicted octanol–water partition coefficient (Wildman–Crippen LogP) is -0.648. The number of azo groups is 1. The second-order valence-electron chi connectivity index (χ2n) is 14.4. The maximum Gasteiger partial charge on any atom is 0.305 e. The van der Waals surface area contributed by atoms with E-state index in [-0.39, 0.29) is 79.5 Å². The van der Waals surface area contributed by atoms with Crippen LogP contribution in [0.15, 0.2) is 93.0 Å². The van der Waals surface area contributed by atoms with Crippen molar-refractivity contribution in [2.75, 3.05) is 19.6 Å². The lowest BCUT2D eigenvalue weighted by Gasteiger charge is -2.26. The Kier molecular flexibility index (Phi) is 18.8. The normalized spacial score (nSPS) is 18.9. The van der Waals surface area contributed by atoms with Crippen molar-refractivity contribution < 1.29 is 51.6 Å². The molecule has 23 nitrogen and oxygen atoms in total. The first-order valence-corrected chi connectivity index (χ1v) is 21.4. The number of aromatic nitrogens is 1. The van der Waals surface area contributed by atoms with Crippen LogP contribution in [0.2, 0.25) is 0 Å². The van der Waals surface area contributed by atoms with E-state index in [1.165, 1.54) is 36.5 Å². The molecule has 12 N–H and O–H groups in total. The number of unbranched alkanes of at least 4 members (excludes halogenated alkanes) is 1. The first kappa shape index (κ1) is 49.3. The number of rotatable bonds is 18. The van der Waals surface area contributed by atoms with Gasteiger partial charge in [0.2, 0.25) is 29.5 Å². The van der Waals surface area contributed by atoms with Crippen molar-refractivity contribution in [3.63, 3.8) is 0 Å². The maximum atomic E-state index is 14.0. The van der Waals surface area contributed by atoms with Gasteiger partial charge in [-0.05, 0) is 61.4 Å². The smallest absolute Gasteiger partial charge is 0.305 e. The van der Waals surface area contributed by atoms with E-state index in [9.17, 15) is 51.6 Å². The lowest BCUT2D eigenvalue weighted by atomic mass is 10.0. The third-order valence-electron chi connectivity index (χ3n) is 9.46. The molecule has 1 aliphatic heterocycles. The van der Waals surface area contributed by atoms with Crippen molar-refractivity contribution in [2.24, 2.45) is 26.7 Å². The molecule has 4 rings (SSSR count). The summed E-state index contributed by atoms with van der Waals surface area (Å²) < 4.78 is 32.7. The summed E-state index contributed by atoms with van der Waals surface area (Å²) in [4.78, 5) is 99.8. The number of carbonyl (C=O) groups is 7. The molecule has 2 aromatic carbocycles. The summed E-state index contributed by atoms with van der Waals surface area (Å²) in [7, 11) is -4.46. The van der Waals surface area contributed by atoms with E-state index in [0.717, 1.165) is 0 Å². The van der Waals surface area contributed by atoms with Gasteiger partial charge < -0.3 is 48.5 Å². The van der Waals surface area contributed by atoms with Crippen molar-refractivity contribution in [1.29, 1.82) is 0 Å². The highest BCUT2D eigenvalue weighted by Gasteiger charge is 2.33. The van der Waals surface area contributed by atoms with Crippen LogP contribution in [0.4, 0.5) is 5.82 Å². The maximum absolute atomic E-state index is 14.0. The molecule has 0 radical (unpaired) electrons. The molecule has 0 saturated carbocycles. The summed E-state index contributed by atoms with van der Waals surface area (Å²) in [6.45, 7) is -0.610. The van der Waals surface area contributed by atoms with Crippen molar-refractivity contribution in [2.45, 2.75) is 80.6 Å². The molecule has 64 heavy (non-hydrogen) atoms. The van der Waals surface area contributed by atoms with Gasteiger partial charge in [0.05, 0.1) is 30.0 Å². The van der Waals surface area contributed by atoms with Gasteiger partial charge in [-0.15, -0.1) is 5.11 Å². The standard InChI is InChI=1S/C40H50N12O11S/c41-40(42)44-18-8-13-27-36(57)46-23-33(53)48-30(20-34(54)55)39(60)51-29(19-24-9-2-1-3-10-24)38(59)50-28(37(58)49-27)12-6-7-17-43-35(56)26-15-16-32(45-21-26)52-47-22-25-11-4-5-14-31(25)64(61,62)63/h1-5,9-11,14-16,21,27-30H,6-8,12-13,17-20,22-23H2,(H,43,56)(H,46,57)(H,48,53)(H,49,58)(H,50,59)(H,51,60)(H,54,55)(H4,41,42,44)(H,61,62,63)/t27-,28-,29+,30-/m0/s1. The zero-order chi connectivity index (χ0) is 46.6. The van der Waals surface area contributed by atoms with Gasteiger partial charge in [-0.1, -0.05) is 48.5 Å². The fourth-order valence-corrected chi connectivity index (χ4v) is 6.98. The van der Waals surface area contributed by atoms with E-state index in [1.807, 2.05) is 0 Å². The van der Waals surface area contributed by atoms with Crippen LogP contribution < -0.4 is 43.4 Å². The van der Waals surface area contributed by atoms with Crippen LogP contribution in [0.5, 0.6) is 0 Å². The highest BCUT2D eigenvalue weighted by Crippen LogP contribution is 2.18. The summed E-state index contributed by atoms with van der Waals surface area (Å²) in [5, 5.41) is 32.6. The van der Waals surface area contributed by atoms with Crippen LogP contribution in [0.3, 0.4) is 0 Å². The number of benzene rings is 2. The quantitative estimate of drug-likeness (QED) is 0.0250. The number of nitrogens with two attached hydrogens (primary N) is 2. The summed E-state index contributed by atoms with van der Waals surface area (Å²) >= 11 is 0. The van der Waals surface area contributed by atoms with E-state index in [1.54, 1.807) is 36.4 Å². The fourth-order valence-electron chi connectivity index (χ4n) is 6.26. The Morgan fingerprint density at radius 1 is 0.781 bits per heavy atom. The van der Waals surface area contributed by atoms with Crippen LogP contribution in [0.25, 0.3) is 0 Å². The van der Waals surface area contributed by atoms with E-state index < -0.39 is 88.7 Å². The number of amides is 6. The van der Waals surface area contributed by atoms with E-state index in [4.69, 9.17) is 11.5 Å². The van der Waals surface area contributed by atoms with Crippen molar-refractivity contribution in [3.05, 3.63) is 89.6 Å². The molecule has 3 aromatic rings. The number of aliphatic carboxylic acids is 1. The summed E-state index contributed by atoms with van der Waals surface area (Å²) in [5.41, 5.74) is 11.8. The lowest BCUT2D eigenvalue weighted by molar-refractivity contribution is -0.141. The largest absolute Gasteiger partial charge is 0.481 e. The van der Waals surface area contributed by atoms with Crippen molar-refractivity contribution >= 4 is 63.3 Å². The first-order valence-electron chi connectivity index (χ1n) is 20.0. The zero-order valence-corrected chi connectivity index (χ0v) is 35.3. The molecule has 1 saturated heterocycles. The van der Waals surface area contributed by atoms with Crippen LogP contribution >= 0.6 is 0 Å². The minimum absolute atomic E-state index is 0.000562. The minimum atomic E-state index is -4.46. The molecular formula is C40H50N12O11S. The minimum Gasteiger partial charge on any atom is -0.481 e. The molecule has 2 heterocycles. The average molecular weight is 907 g/mol. The third-order valence-corrected chi connectivity index (χ3v) is 10.4. The predicted molar refractivity (Wildman–Crippen MR) is 228 cm³/mol. The molecule has 1 aromatic heterocycles. The van der Waals surface area contributed by atoms with E-state index >= 15 is 0 Å². The monoisotopic (exact) mass is 906 g/mol. The number of carboxylic acids is 1. The lowest BCUT2D eigenvalue weighted by Crippen LogP contribution is -2.58. The molecule has 6 amide bonds. The van der Waals surface area contributed by atoms with Crippen LogP contribution in [0, 0.1) is 0 Å². The first-order chi connectivity index (χ1) is 30.5. The van der Waals surface area contributed by atoms with Crippen LogP contribution in [-0.2, 0) is 51.9 Å². The van der Waals surface area contributed by atoms with Gasteiger partial charge in [0, 0.05) is 25.7 Å². The highest BCUT2D eigenvalue weighted by molar-refractivity contribution is 7.85. The van der Waals surface area contributed by atoms with Crippen molar-refractivity contribution in [3.8, 4) is 0 Å². The third kappa shape index (κ3) is 16.5. The number of guanidine groups is 1. The number of carboxylic acid groups (broad SMARTS) is 1. The Hall–Kier alpha value is -7.34. The Bertz CT molecular complexity index is 2310. The number of aliphatic imine (C=N–C) groups is 1. The topological polar surface area (TPSA) is 368 Å². The molecule has 0 bridgehead atoms. The van der Waals surface area contributed by atoms with Gasteiger partial charge >= 0.3 is 5.97 Å². The Balaban J connectivity index is 1.46. The zero-order valence-electron chi connectivity index (χ0n) is 34.4. The summed E-state index contributed by atoms with van der Waals surface area (Å²) in [6, 6.07) is 11.7.